The first-order chi connectivity index (χ1) is 8.75. The fraction of sp³-hybridized carbons (Fsp3) is 0.625. The Morgan fingerprint density at radius 1 is 1.17 bits per heavy atom. The molecule has 0 saturated heterocycles. The van der Waals surface area contributed by atoms with Crippen LogP contribution in [-0.4, -0.2) is 25.8 Å². The van der Waals surface area contributed by atoms with E-state index in [1.165, 1.54) is 24.0 Å². The van der Waals surface area contributed by atoms with Crippen LogP contribution in [0.4, 0.5) is 0 Å². The molecule has 1 aromatic rings. The number of hydrogen-bond donors (Lipinski definition) is 1. The van der Waals surface area contributed by atoms with Crippen molar-refractivity contribution in [3.05, 3.63) is 35.4 Å². The maximum Gasteiger partial charge on any atom is 0.0591 e. The molecule has 1 N–H and O–H groups in total. The van der Waals surface area contributed by atoms with E-state index in [9.17, 15) is 0 Å². The molecule has 0 spiro atoms. The van der Waals surface area contributed by atoms with Crippen LogP contribution in [0.25, 0.3) is 0 Å². The highest BCUT2D eigenvalue weighted by Crippen LogP contribution is 2.18. The van der Waals surface area contributed by atoms with E-state index in [4.69, 9.17) is 4.74 Å². The lowest BCUT2D eigenvalue weighted by Crippen LogP contribution is -2.22. The summed E-state index contributed by atoms with van der Waals surface area (Å²) < 4.78 is 5.63. The SMILES string of the molecule is CC(C)c1ccc(CCOCCNC2CC2)cc1. The molecule has 0 radical (unpaired) electrons. The van der Waals surface area contributed by atoms with Crippen molar-refractivity contribution < 1.29 is 4.74 Å². The average Bonchev–Trinajstić information content (AvgIpc) is 3.18. The van der Waals surface area contributed by atoms with E-state index in [1.807, 2.05) is 0 Å². The lowest BCUT2D eigenvalue weighted by molar-refractivity contribution is 0.138. The van der Waals surface area contributed by atoms with E-state index >= 15 is 0 Å². The van der Waals surface area contributed by atoms with E-state index in [0.717, 1.165) is 32.2 Å². The first kappa shape index (κ1) is 13.6. The molecule has 0 aromatic heterocycles. The molecule has 100 valence electrons. The molecule has 1 aliphatic carbocycles. The van der Waals surface area contributed by atoms with Crippen molar-refractivity contribution in [2.45, 2.75) is 45.1 Å². The Labute approximate surface area is 111 Å². The highest BCUT2D eigenvalue weighted by molar-refractivity contribution is 5.24. The maximum absolute atomic E-state index is 5.63. The van der Waals surface area contributed by atoms with Gasteiger partial charge in [0, 0.05) is 12.6 Å². The van der Waals surface area contributed by atoms with Crippen LogP contribution < -0.4 is 5.32 Å². The minimum Gasteiger partial charge on any atom is -0.380 e. The van der Waals surface area contributed by atoms with Crippen LogP contribution in [0.5, 0.6) is 0 Å². The summed E-state index contributed by atoms with van der Waals surface area (Å²) in [5.41, 5.74) is 2.78. The summed E-state index contributed by atoms with van der Waals surface area (Å²) in [6.07, 6.45) is 3.71. The van der Waals surface area contributed by atoms with Crippen molar-refractivity contribution in [1.29, 1.82) is 0 Å². The molecule has 0 aliphatic heterocycles. The Morgan fingerprint density at radius 3 is 2.50 bits per heavy atom. The van der Waals surface area contributed by atoms with Crippen LogP contribution in [0.15, 0.2) is 24.3 Å². The van der Waals surface area contributed by atoms with Crippen molar-refractivity contribution in [3.8, 4) is 0 Å². The first-order valence-corrected chi connectivity index (χ1v) is 7.15. The number of benzene rings is 1. The molecular weight excluding hydrogens is 222 g/mol. The molecule has 0 bridgehead atoms. The van der Waals surface area contributed by atoms with Crippen molar-refractivity contribution in [2.24, 2.45) is 0 Å². The zero-order chi connectivity index (χ0) is 12.8. The second kappa shape index (κ2) is 6.91. The molecule has 0 heterocycles. The predicted octanol–water partition coefficient (Wildman–Crippen LogP) is 3.12. The van der Waals surface area contributed by atoms with Gasteiger partial charge in [-0.2, -0.15) is 0 Å². The van der Waals surface area contributed by atoms with Gasteiger partial charge in [-0.15, -0.1) is 0 Å². The Balaban J connectivity index is 1.57. The van der Waals surface area contributed by atoms with Crippen LogP contribution in [0.1, 0.15) is 43.7 Å². The van der Waals surface area contributed by atoms with Crippen LogP contribution in [0, 0.1) is 0 Å². The number of nitrogens with one attached hydrogen (secondary N) is 1. The van der Waals surface area contributed by atoms with Crippen LogP contribution in [-0.2, 0) is 11.2 Å². The molecule has 1 aliphatic rings. The summed E-state index contributed by atoms with van der Waals surface area (Å²) in [4.78, 5) is 0. The summed E-state index contributed by atoms with van der Waals surface area (Å²) in [5.74, 6) is 0.615. The molecule has 0 unspecified atom stereocenters. The van der Waals surface area contributed by atoms with Gasteiger partial charge >= 0.3 is 0 Å². The van der Waals surface area contributed by atoms with Crippen molar-refractivity contribution in [3.63, 3.8) is 0 Å². The molecule has 1 fully saturated rings. The molecule has 2 rings (SSSR count). The molecule has 18 heavy (non-hydrogen) atoms. The topological polar surface area (TPSA) is 21.3 Å². The summed E-state index contributed by atoms with van der Waals surface area (Å²) in [7, 11) is 0. The fourth-order valence-electron chi connectivity index (χ4n) is 1.98. The number of ether oxygens (including phenoxy) is 1. The smallest absolute Gasteiger partial charge is 0.0591 e. The van der Waals surface area contributed by atoms with Crippen molar-refractivity contribution >= 4 is 0 Å². The highest BCUT2D eigenvalue weighted by atomic mass is 16.5. The normalized spacial score (nSPS) is 15.3. The van der Waals surface area contributed by atoms with Gasteiger partial charge in [0.2, 0.25) is 0 Å². The van der Waals surface area contributed by atoms with Crippen LogP contribution in [0.3, 0.4) is 0 Å². The van der Waals surface area contributed by atoms with Gasteiger partial charge < -0.3 is 10.1 Å². The molecule has 0 atom stereocenters. The minimum absolute atomic E-state index is 0.615. The predicted molar refractivity (Wildman–Crippen MR) is 76.1 cm³/mol. The van der Waals surface area contributed by atoms with E-state index in [0.29, 0.717) is 5.92 Å². The third-order valence-corrected chi connectivity index (χ3v) is 3.44. The second-order valence-electron chi connectivity index (χ2n) is 5.49. The van der Waals surface area contributed by atoms with E-state index in [-0.39, 0.29) is 0 Å². The Morgan fingerprint density at radius 2 is 1.89 bits per heavy atom. The summed E-state index contributed by atoms with van der Waals surface area (Å²) in [5, 5.41) is 3.45. The van der Waals surface area contributed by atoms with E-state index in [2.05, 4.69) is 43.4 Å². The van der Waals surface area contributed by atoms with Crippen molar-refractivity contribution in [2.75, 3.05) is 19.8 Å². The van der Waals surface area contributed by atoms with Gasteiger partial charge in [-0.1, -0.05) is 38.1 Å². The minimum atomic E-state index is 0.615. The van der Waals surface area contributed by atoms with Gasteiger partial charge in [0.25, 0.3) is 0 Å². The standard InChI is InChI=1S/C16H25NO/c1-13(2)15-5-3-14(4-6-15)9-11-18-12-10-17-16-7-8-16/h3-6,13,16-17H,7-12H2,1-2H3. The number of rotatable bonds is 8. The quantitative estimate of drug-likeness (QED) is 0.713. The van der Waals surface area contributed by atoms with Gasteiger partial charge in [0.1, 0.15) is 0 Å². The number of hydrogen-bond acceptors (Lipinski definition) is 2. The van der Waals surface area contributed by atoms with Gasteiger partial charge in [0.05, 0.1) is 13.2 Å². The van der Waals surface area contributed by atoms with Gasteiger partial charge in [-0.3, -0.25) is 0 Å². The summed E-state index contributed by atoms with van der Waals surface area (Å²) >= 11 is 0. The third-order valence-electron chi connectivity index (χ3n) is 3.44. The van der Waals surface area contributed by atoms with E-state index in [1.54, 1.807) is 0 Å². The lowest BCUT2D eigenvalue weighted by Gasteiger charge is -2.08. The van der Waals surface area contributed by atoms with E-state index < -0.39 is 0 Å². The Kier molecular flexibility index (Phi) is 5.21. The third kappa shape index (κ3) is 4.79. The summed E-state index contributed by atoms with van der Waals surface area (Å²) in [6, 6.07) is 9.70. The first-order valence-electron chi connectivity index (χ1n) is 7.15. The zero-order valence-electron chi connectivity index (χ0n) is 11.6. The zero-order valence-corrected chi connectivity index (χ0v) is 11.6. The largest absolute Gasteiger partial charge is 0.380 e. The highest BCUT2D eigenvalue weighted by Gasteiger charge is 2.19. The summed E-state index contributed by atoms with van der Waals surface area (Å²) in [6.45, 7) is 7.11. The Hall–Kier alpha value is -0.860. The molecule has 1 aromatic carbocycles. The molecular formula is C16H25NO. The van der Waals surface area contributed by atoms with Crippen LogP contribution in [0.2, 0.25) is 0 Å². The maximum atomic E-state index is 5.63. The monoisotopic (exact) mass is 247 g/mol. The molecule has 0 amide bonds. The lowest BCUT2D eigenvalue weighted by atomic mass is 10.0. The fourth-order valence-corrected chi connectivity index (χ4v) is 1.98. The van der Waals surface area contributed by atoms with Gasteiger partial charge in [0.15, 0.2) is 0 Å². The molecule has 2 heteroatoms. The van der Waals surface area contributed by atoms with Crippen LogP contribution >= 0.6 is 0 Å². The molecule has 2 nitrogen and oxygen atoms in total. The average molecular weight is 247 g/mol. The Bertz CT molecular complexity index is 341. The molecule has 1 saturated carbocycles. The van der Waals surface area contributed by atoms with Crippen molar-refractivity contribution in [1.82, 2.24) is 5.32 Å². The van der Waals surface area contributed by atoms with Gasteiger partial charge in [-0.05, 0) is 36.3 Å². The van der Waals surface area contributed by atoms with Gasteiger partial charge in [-0.25, -0.2) is 0 Å². The second-order valence-corrected chi connectivity index (χ2v) is 5.49.